The van der Waals surface area contributed by atoms with E-state index in [0.717, 1.165) is 33.4 Å². The van der Waals surface area contributed by atoms with Gasteiger partial charge >= 0.3 is 0 Å². The number of hydrogen-bond acceptors (Lipinski definition) is 2. The van der Waals surface area contributed by atoms with E-state index >= 15 is 0 Å². The van der Waals surface area contributed by atoms with Gasteiger partial charge in [0.2, 0.25) is 0 Å². The average molecular weight is 589 g/mol. The van der Waals surface area contributed by atoms with Crippen LogP contribution in [0.2, 0.25) is 0 Å². The first-order valence-corrected chi connectivity index (χ1v) is 17.0. The Morgan fingerprint density at radius 1 is 0.356 bits per heavy atom. The van der Waals surface area contributed by atoms with E-state index in [1.54, 1.807) is 0 Å². The van der Waals surface area contributed by atoms with Crippen LogP contribution in [0.15, 0.2) is 170 Å². The summed E-state index contributed by atoms with van der Waals surface area (Å²) in [7, 11) is -3.15. The minimum atomic E-state index is -3.15. The third kappa shape index (κ3) is 4.73. The first-order valence-electron chi connectivity index (χ1n) is 15.0. The van der Waals surface area contributed by atoms with Gasteiger partial charge in [-0.05, 0) is 78.4 Å². The Morgan fingerprint density at radius 2 is 0.689 bits per heavy atom. The van der Waals surface area contributed by atoms with Gasteiger partial charge in [-0.25, -0.2) is 0 Å². The molecule has 3 heteroatoms. The van der Waals surface area contributed by atoms with Crippen LogP contribution in [0, 0.1) is 22.7 Å². The molecule has 0 saturated carbocycles. The summed E-state index contributed by atoms with van der Waals surface area (Å²) in [4.78, 5) is 0. The molecule has 6 aromatic carbocycles. The van der Waals surface area contributed by atoms with Crippen molar-refractivity contribution < 1.29 is 0 Å². The molecule has 0 spiro atoms. The Balaban J connectivity index is 1.79. The fourth-order valence-corrected chi connectivity index (χ4v) is 12.5. The van der Waals surface area contributed by atoms with Gasteiger partial charge in [0.25, 0.3) is 0 Å². The molecule has 0 aliphatic carbocycles. The predicted octanol–water partition coefficient (Wildman–Crippen LogP) is 8.31. The minimum Gasteiger partial charge on any atom is -0.192 e. The van der Waals surface area contributed by atoms with Gasteiger partial charge in [-0.3, -0.25) is 0 Å². The standard InChI is InChI=1S/C42H28N2Si/c43-29-31-15-13-21-35(27-31)41-39(33-17-5-1-6-18-33)40(34-19-7-2-8-20-34)42(36-22-14-16-32(28-36)30-44)45(41,37-23-9-3-10-24-37)38-25-11-4-12-26-38/h1-28H. The normalized spacial score (nSPS) is 13.7. The number of allylic oxidation sites excluding steroid dienone is 2. The highest BCUT2D eigenvalue weighted by Gasteiger charge is 2.53. The molecule has 0 fully saturated rings. The zero-order valence-electron chi connectivity index (χ0n) is 24.6. The van der Waals surface area contributed by atoms with Gasteiger partial charge < -0.3 is 0 Å². The van der Waals surface area contributed by atoms with E-state index in [4.69, 9.17) is 0 Å². The molecule has 7 rings (SSSR count). The summed E-state index contributed by atoms with van der Waals surface area (Å²) < 4.78 is 0. The zero-order valence-corrected chi connectivity index (χ0v) is 25.6. The lowest BCUT2D eigenvalue weighted by Crippen LogP contribution is -2.59. The second-order valence-electron chi connectivity index (χ2n) is 11.1. The minimum absolute atomic E-state index is 0.623. The number of nitriles is 2. The summed E-state index contributed by atoms with van der Waals surface area (Å²) in [5.74, 6) is 0. The van der Waals surface area contributed by atoms with Crippen molar-refractivity contribution in [1.82, 2.24) is 0 Å². The van der Waals surface area contributed by atoms with Crippen LogP contribution in [-0.4, -0.2) is 8.07 Å². The maximum atomic E-state index is 10.1. The second-order valence-corrected chi connectivity index (χ2v) is 14.8. The SMILES string of the molecule is N#Cc1cccc(C2=C(c3ccccc3)C(c3ccccc3)=C(c3cccc(C#N)c3)[Si]2(c2ccccc2)c2ccccc2)c1. The second kappa shape index (κ2) is 11.9. The third-order valence-corrected chi connectivity index (χ3v) is 13.6. The Labute approximate surface area is 265 Å². The highest BCUT2D eigenvalue weighted by atomic mass is 28.3. The number of nitrogens with zero attached hydrogens (tertiary/aromatic N) is 2. The van der Waals surface area contributed by atoms with E-state index < -0.39 is 8.07 Å². The molecule has 1 aliphatic heterocycles. The summed E-state index contributed by atoms with van der Waals surface area (Å²) in [5, 5.41) is 25.1. The molecule has 0 radical (unpaired) electrons. The van der Waals surface area contributed by atoms with E-state index in [1.807, 2.05) is 36.4 Å². The largest absolute Gasteiger partial charge is 0.192 e. The van der Waals surface area contributed by atoms with Crippen molar-refractivity contribution in [3.05, 3.63) is 203 Å². The molecule has 0 N–H and O–H groups in total. The Bertz CT molecular complexity index is 1990. The lowest BCUT2D eigenvalue weighted by Gasteiger charge is -2.36. The van der Waals surface area contributed by atoms with E-state index in [-0.39, 0.29) is 0 Å². The van der Waals surface area contributed by atoms with E-state index in [1.165, 1.54) is 20.8 Å². The number of rotatable bonds is 6. The molecule has 1 aliphatic rings. The van der Waals surface area contributed by atoms with Crippen LogP contribution in [0.4, 0.5) is 0 Å². The van der Waals surface area contributed by atoms with Crippen LogP contribution in [-0.2, 0) is 0 Å². The molecule has 0 saturated heterocycles. The molecular formula is C42H28N2Si. The molecule has 0 aromatic heterocycles. The average Bonchev–Trinajstić information content (AvgIpc) is 3.46. The summed E-state index contributed by atoms with van der Waals surface area (Å²) in [5.41, 5.74) is 7.87. The number of benzene rings is 6. The van der Waals surface area contributed by atoms with Crippen molar-refractivity contribution in [3.8, 4) is 12.1 Å². The van der Waals surface area contributed by atoms with Crippen LogP contribution in [0.1, 0.15) is 33.4 Å². The highest BCUT2D eigenvalue weighted by Crippen LogP contribution is 2.55. The molecule has 6 aromatic rings. The molecule has 0 atom stereocenters. The van der Waals surface area contributed by atoms with Crippen molar-refractivity contribution in [2.75, 3.05) is 0 Å². The Morgan fingerprint density at radius 3 is 1.04 bits per heavy atom. The van der Waals surface area contributed by atoms with Gasteiger partial charge in [-0.1, -0.05) is 146 Å². The van der Waals surface area contributed by atoms with Crippen LogP contribution >= 0.6 is 0 Å². The third-order valence-electron chi connectivity index (χ3n) is 8.60. The maximum absolute atomic E-state index is 10.1. The van der Waals surface area contributed by atoms with Gasteiger partial charge in [0, 0.05) is 0 Å². The first-order chi connectivity index (χ1) is 22.3. The van der Waals surface area contributed by atoms with Crippen molar-refractivity contribution >= 4 is 40.0 Å². The molecular weight excluding hydrogens is 561 g/mol. The number of hydrogen-bond donors (Lipinski definition) is 0. The Hall–Kier alpha value is -6.00. The van der Waals surface area contributed by atoms with Crippen LogP contribution < -0.4 is 10.4 Å². The van der Waals surface area contributed by atoms with Crippen LogP contribution in [0.25, 0.3) is 21.5 Å². The van der Waals surface area contributed by atoms with Gasteiger partial charge in [-0.15, -0.1) is 0 Å². The molecule has 1 heterocycles. The first kappa shape index (κ1) is 27.8. The summed E-state index contributed by atoms with van der Waals surface area (Å²) >= 11 is 0. The van der Waals surface area contributed by atoms with Gasteiger partial charge in [0.05, 0.1) is 23.3 Å². The fourth-order valence-electron chi connectivity index (χ4n) is 6.87. The van der Waals surface area contributed by atoms with E-state index in [2.05, 4.69) is 146 Å². The van der Waals surface area contributed by atoms with E-state index in [9.17, 15) is 10.5 Å². The topological polar surface area (TPSA) is 47.6 Å². The molecule has 210 valence electrons. The van der Waals surface area contributed by atoms with E-state index in [0.29, 0.717) is 11.1 Å². The molecule has 0 amide bonds. The fraction of sp³-hybridized carbons (Fsp3) is 0. The smallest absolute Gasteiger partial charge is 0.182 e. The predicted molar refractivity (Wildman–Crippen MR) is 187 cm³/mol. The Kier molecular flexibility index (Phi) is 7.38. The molecule has 0 unspecified atom stereocenters. The summed E-state index contributed by atoms with van der Waals surface area (Å²) in [6.07, 6.45) is 0. The molecule has 2 nitrogen and oxygen atoms in total. The van der Waals surface area contributed by atoms with Crippen molar-refractivity contribution in [1.29, 1.82) is 10.5 Å². The summed E-state index contributed by atoms with van der Waals surface area (Å²) in [6.45, 7) is 0. The lowest BCUT2D eigenvalue weighted by atomic mass is 9.89. The quantitative estimate of drug-likeness (QED) is 0.184. The molecule has 0 bridgehead atoms. The monoisotopic (exact) mass is 588 g/mol. The summed E-state index contributed by atoms with van der Waals surface area (Å²) in [6, 6.07) is 63.9. The zero-order chi connectivity index (χ0) is 30.6. The highest BCUT2D eigenvalue weighted by molar-refractivity contribution is 7.29. The van der Waals surface area contributed by atoms with Crippen molar-refractivity contribution in [3.63, 3.8) is 0 Å². The van der Waals surface area contributed by atoms with Gasteiger partial charge in [0.1, 0.15) is 0 Å². The van der Waals surface area contributed by atoms with Crippen LogP contribution in [0.5, 0.6) is 0 Å². The lowest BCUT2D eigenvalue weighted by molar-refractivity contribution is 1.47. The van der Waals surface area contributed by atoms with Crippen molar-refractivity contribution in [2.45, 2.75) is 0 Å². The van der Waals surface area contributed by atoms with Crippen molar-refractivity contribution in [2.24, 2.45) is 0 Å². The maximum Gasteiger partial charge on any atom is 0.182 e. The van der Waals surface area contributed by atoms with Gasteiger partial charge in [-0.2, -0.15) is 10.5 Å². The molecule has 45 heavy (non-hydrogen) atoms. The van der Waals surface area contributed by atoms with Crippen LogP contribution in [0.3, 0.4) is 0 Å². The van der Waals surface area contributed by atoms with Gasteiger partial charge in [0.15, 0.2) is 8.07 Å².